The highest BCUT2D eigenvalue weighted by atomic mass is 16.7. The van der Waals surface area contributed by atoms with Gasteiger partial charge in [0.1, 0.15) is 29.6 Å². The van der Waals surface area contributed by atoms with Crippen LogP contribution in [0.3, 0.4) is 0 Å². The summed E-state index contributed by atoms with van der Waals surface area (Å²) in [6, 6.07) is 22.8. The second-order valence-corrected chi connectivity index (χ2v) is 17.4. The quantitative estimate of drug-likeness (QED) is 0.107. The monoisotopic (exact) mass is 764 g/mol. The molecule has 56 heavy (non-hydrogen) atoms. The molecular formula is C44H54B2O10. The van der Waals surface area contributed by atoms with E-state index < -0.39 is 42.1 Å². The minimum Gasteiger partial charge on any atom is -0.508 e. The van der Waals surface area contributed by atoms with E-state index in [-0.39, 0.29) is 17.2 Å². The molecule has 12 heteroatoms. The molecule has 0 spiro atoms. The van der Waals surface area contributed by atoms with Gasteiger partial charge < -0.3 is 48.1 Å². The van der Waals surface area contributed by atoms with Crippen molar-refractivity contribution in [2.24, 2.45) is 0 Å². The molecule has 2 saturated heterocycles. The van der Waals surface area contributed by atoms with Crippen molar-refractivity contribution in [2.75, 3.05) is 33.5 Å². The number of methoxy groups -OCH3 is 1. The third kappa shape index (κ3) is 7.55. The molecule has 2 heterocycles. The molecule has 0 amide bonds. The third-order valence-corrected chi connectivity index (χ3v) is 12.3. The molecule has 296 valence electrons. The Morgan fingerprint density at radius 3 is 1.41 bits per heavy atom. The van der Waals surface area contributed by atoms with Crippen molar-refractivity contribution in [3.05, 3.63) is 95.1 Å². The maximum absolute atomic E-state index is 11.1. The van der Waals surface area contributed by atoms with E-state index in [1.807, 2.05) is 61.5 Å². The zero-order valence-electron chi connectivity index (χ0n) is 34.0. The lowest BCUT2D eigenvalue weighted by molar-refractivity contribution is 0.00578. The molecule has 0 saturated carbocycles. The number of aromatic hydroxyl groups is 3. The molecule has 0 atom stereocenters. The Morgan fingerprint density at radius 1 is 0.518 bits per heavy atom. The lowest BCUT2D eigenvalue weighted by Crippen LogP contribution is -2.41. The highest BCUT2D eigenvalue weighted by Crippen LogP contribution is 2.53. The second-order valence-electron chi connectivity index (χ2n) is 17.4. The van der Waals surface area contributed by atoms with Crippen LogP contribution in [0.5, 0.6) is 23.0 Å². The van der Waals surface area contributed by atoms with Crippen molar-refractivity contribution in [2.45, 2.75) is 96.1 Å². The Balaban J connectivity index is 1.39. The van der Waals surface area contributed by atoms with Crippen LogP contribution in [0.2, 0.25) is 0 Å². The van der Waals surface area contributed by atoms with Crippen LogP contribution in [0.25, 0.3) is 11.1 Å². The molecule has 0 bridgehead atoms. The molecule has 0 unspecified atom stereocenters. The van der Waals surface area contributed by atoms with E-state index in [0.717, 1.165) is 44.3 Å². The van der Waals surface area contributed by atoms with E-state index in [4.69, 9.17) is 32.8 Å². The highest BCUT2D eigenvalue weighted by Gasteiger charge is 2.54. The second kappa shape index (κ2) is 14.7. The zero-order valence-corrected chi connectivity index (χ0v) is 34.0. The number of ether oxygens (including phenoxy) is 3. The van der Waals surface area contributed by atoms with Gasteiger partial charge in [-0.05, 0) is 137 Å². The molecule has 0 aromatic heterocycles. The molecule has 7 rings (SSSR count). The van der Waals surface area contributed by atoms with Crippen LogP contribution >= 0.6 is 0 Å². The molecule has 4 aromatic carbocycles. The van der Waals surface area contributed by atoms with E-state index in [2.05, 4.69) is 36.4 Å². The van der Waals surface area contributed by atoms with Crippen LogP contribution < -0.4 is 15.7 Å². The first-order chi connectivity index (χ1) is 26.3. The molecule has 3 aliphatic rings. The summed E-state index contributed by atoms with van der Waals surface area (Å²) in [5.74, 6) is 0.506. The maximum Gasteiger partial charge on any atom is 0.494 e. The van der Waals surface area contributed by atoms with Gasteiger partial charge in [0.05, 0.1) is 42.2 Å². The summed E-state index contributed by atoms with van der Waals surface area (Å²) < 4.78 is 43.0. The first kappa shape index (κ1) is 40.2. The first-order valence-electron chi connectivity index (χ1n) is 19.4. The van der Waals surface area contributed by atoms with Crippen molar-refractivity contribution >= 4 is 25.2 Å². The van der Waals surface area contributed by atoms with Crippen LogP contribution in [0.15, 0.2) is 72.8 Å². The predicted molar refractivity (Wildman–Crippen MR) is 218 cm³/mol. The van der Waals surface area contributed by atoms with Crippen LogP contribution in [0.1, 0.15) is 77.6 Å². The summed E-state index contributed by atoms with van der Waals surface area (Å²) in [7, 11) is 0.412. The summed E-state index contributed by atoms with van der Waals surface area (Å²) in [5, 5.41) is 32.6. The van der Waals surface area contributed by atoms with Gasteiger partial charge >= 0.3 is 14.2 Å². The topological polar surface area (TPSA) is 125 Å². The SMILES string of the molecule is COCCOCCOc1cc(O)cc(CC2(Cc3cc(O)cc(O)c3)c3cc(B4OC(C)(C)C(C)(C)O4)ccc3-c3ccc(B4OC(C)(C)C(C)(C)O4)cc32)c1. The van der Waals surface area contributed by atoms with Crippen molar-refractivity contribution < 1.29 is 48.1 Å². The van der Waals surface area contributed by atoms with E-state index in [1.165, 1.54) is 6.07 Å². The molecule has 10 nitrogen and oxygen atoms in total. The Hall–Kier alpha value is -4.03. The smallest absolute Gasteiger partial charge is 0.494 e. The van der Waals surface area contributed by atoms with E-state index >= 15 is 0 Å². The average molecular weight is 765 g/mol. The molecule has 2 aliphatic heterocycles. The molecule has 0 radical (unpaired) electrons. The van der Waals surface area contributed by atoms with Gasteiger partial charge in [-0.2, -0.15) is 0 Å². The normalized spacial score (nSPS) is 19.6. The van der Waals surface area contributed by atoms with Gasteiger partial charge in [-0.25, -0.2) is 0 Å². The van der Waals surface area contributed by atoms with E-state index in [9.17, 15) is 15.3 Å². The molecule has 1 aliphatic carbocycles. The fourth-order valence-electron chi connectivity index (χ4n) is 7.97. The van der Waals surface area contributed by atoms with Gasteiger partial charge in [0.2, 0.25) is 0 Å². The van der Waals surface area contributed by atoms with Gasteiger partial charge in [-0.3, -0.25) is 0 Å². The Bertz CT molecular complexity index is 1960. The molecule has 4 aromatic rings. The minimum absolute atomic E-state index is 0.0358. The largest absolute Gasteiger partial charge is 0.508 e. The summed E-state index contributed by atoms with van der Waals surface area (Å²) in [6.07, 6.45) is 0.798. The zero-order chi connectivity index (χ0) is 40.3. The van der Waals surface area contributed by atoms with Crippen LogP contribution in [-0.2, 0) is 46.3 Å². The lowest BCUT2D eigenvalue weighted by atomic mass is 9.66. The van der Waals surface area contributed by atoms with Crippen LogP contribution in [-0.4, -0.2) is 85.5 Å². The number of phenols is 3. The van der Waals surface area contributed by atoms with Gasteiger partial charge in [0.15, 0.2) is 0 Å². The number of phenolic OH excluding ortho intramolecular Hbond substituents is 3. The van der Waals surface area contributed by atoms with Crippen molar-refractivity contribution in [1.82, 2.24) is 0 Å². The number of fused-ring (bicyclic) bond motifs is 3. The van der Waals surface area contributed by atoms with Crippen molar-refractivity contribution in [1.29, 1.82) is 0 Å². The van der Waals surface area contributed by atoms with Gasteiger partial charge in [0, 0.05) is 24.7 Å². The molecule has 3 N–H and O–H groups in total. The molecule has 2 fully saturated rings. The Morgan fingerprint density at radius 2 is 0.946 bits per heavy atom. The Labute approximate surface area is 331 Å². The summed E-state index contributed by atoms with van der Waals surface area (Å²) >= 11 is 0. The van der Waals surface area contributed by atoms with Crippen LogP contribution in [0.4, 0.5) is 0 Å². The summed E-state index contributed by atoms with van der Waals surface area (Å²) in [5.41, 5.74) is 4.44. The fraction of sp³-hybridized carbons (Fsp3) is 0.455. The Kier molecular flexibility index (Phi) is 10.6. The molecular weight excluding hydrogens is 710 g/mol. The van der Waals surface area contributed by atoms with E-state index in [1.54, 1.807) is 31.4 Å². The predicted octanol–water partition coefficient (Wildman–Crippen LogP) is 6.20. The number of hydrogen-bond acceptors (Lipinski definition) is 10. The average Bonchev–Trinajstić information content (AvgIpc) is 3.59. The van der Waals surface area contributed by atoms with Crippen LogP contribution in [0, 0.1) is 0 Å². The number of rotatable bonds is 13. The number of benzene rings is 4. The summed E-state index contributed by atoms with van der Waals surface area (Å²) in [4.78, 5) is 0. The number of hydrogen-bond donors (Lipinski definition) is 3. The van der Waals surface area contributed by atoms with E-state index in [0.29, 0.717) is 45.0 Å². The minimum atomic E-state index is -0.807. The van der Waals surface area contributed by atoms with Crippen molar-refractivity contribution in [3.63, 3.8) is 0 Å². The van der Waals surface area contributed by atoms with Crippen molar-refractivity contribution in [3.8, 4) is 34.1 Å². The highest BCUT2D eigenvalue weighted by molar-refractivity contribution is 6.62. The summed E-state index contributed by atoms with van der Waals surface area (Å²) in [6.45, 7) is 17.9. The standard InChI is InChI=1S/C44H54B2O10/c1-40(2)41(3,4)54-45(53-40)30-10-12-36-37-13-11-31(46-55-42(5,6)43(7,8)56-46)23-39(37)44(38(36)22-30,26-28-18-32(47)24-33(48)19-28)27-29-20-34(49)25-35(21-29)52-17-16-51-15-14-50-9/h10-13,18-25,47-49H,14-17,26-27H2,1-9H3. The maximum atomic E-state index is 11.1. The van der Waals surface area contributed by atoms with Gasteiger partial charge in [0.25, 0.3) is 0 Å². The fourth-order valence-corrected chi connectivity index (χ4v) is 7.97. The lowest BCUT2D eigenvalue weighted by Gasteiger charge is -2.34. The first-order valence-corrected chi connectivity index (χ1v) is 19.4. The third-order valence-electron chi connectivity index (χ3n) is 12.3. The van der Waals surface area contributed by atoms with Gasteiger partial charge in [-0.15, -0.1) is 0 Å². The van der Waals surface area contributed by atoms with Gasteiger partial charge in [-0.1, -0.05) is 36.4 Å².